The number of hydrogen-bond donors (Lipinski definition) is 0. The van der Waals surface area contributed by atoms with Crippen LogP contribution in [-0.4, -0.2) is 23.5 Å². The zero-order chi connectivity index (χ0) is 15.5. The monoisotopic (exact) mass is 379 g/mol. The molecule has 2 atom stereocenters. The first-order chi connectivity index (χ1) is 10.6. The van der Waals surface area contributed by atoms with E-state index in [-0.39, 0.29) is 11.9 Å². The number of benzene rings is 1. The molecule has 0 N–H and O–H groups in total. The van der Waals surface area contributed by atoms with E-state index in [1.54, 1.807) is 11.3 Å². The van der Waals surface area contributed by atoms with Crippen molar-refractivity contribution in [2.45, 2.75) is 31.9 Å². The Morgan fingerprint density at radius 1 is 1.36 bits per heavy atom. The molecule has 0 radical (unpaired) electrons. The average molecular weight is 380 g/mol. The van der Waals surface area contributed by atoms with E-state index < -0.39 is 6.10 Å². The molecule has 22 heavy (non-hydrogen) atoms. The number of carbonyl (C=O) groups excluding carboxylic acids is 1. The highest BCUT2D eigenvalue weighted by Gasteiger charge is 2.33. The largest absolute Gasteiger partial charge is 0.481 e. The molecule has 116 valence electrons. The Hall–Kier alpha value is -1.33. The van der Waals surface area contributed by atoms with Crippen LogP contribution < -0.4 is 4.74 Å². The summed E-state index contributed by atoms with van der Waals surface area (Å²) in [7, 11) is 0. The van der Waals surface area contributed by atoms with Gasteiger partial charge in [0.2, 0.25) is 0 Å². The maximum atomic E-state index is 12.7. The number of likely N-dealkylation sites (tertiary alicyclic amines) is 1. The Balaban J connectivity index is 1.68. The molecule has 1 amide bonds. The molecule has 0 spiro atoms. The van der Waals surface area contributed by atoms with Gasteiger partial charge in [0, 0.05) is 15.9 Å². The van der Waals surface area contributed by atoms with Crippen LogP contribution in [0.5, 0.6) is 5.75 Å². The number of hydrogen-bond acceptors (Lipinski definition) is 3. The molecule has 2 unspecified atom stereocenters. The van der Waals surface area contributed by atoms with Crippen LogP contribution in [0.25, 0.3) is 0 Å². The molecule has 0 aliphatic carbocycles. The Kier molecular flexibility index (Phi) is 4.84. The Bertz CT molecular complexity index is 627. The van der Waals surface area contributed by atoms with E-state index in [0.29, 0.717) is 0 Å². The van der Waals surface area contributed by atoms with Gasteiger partial charge in [-0.3, -0.25) is 4.79 Å². The second-order valence-corrected chi connectivity index (χ2v) is 7.31. The van der Waals surface area contributed by atoms with Crippen molar-refractivity contribution in [1.29, 1.82) is 0 Å². The summed E-state index contributed by atoms with van der Waals surface area (Å²) in [6.07, 6.45) is 1.62. The highest BCUT2D eigenvalue weighted by Crippen LogP contribution is 2.35. The van der Waals surface area contributed by atoms with Crippen LogP contribution in [0.3, 0.4) is 0 Å². The van der Waals surface area contributed by atoms with Crippen molar-refractivity contribution in [2.24, 2.45) is 0 Å². The van der Waals surface area contributed by atoms with Gasteiger partial charge in [0.1, 0.15) is 5.75 Å². The summed E-state index contributed by atoms with van der Waals surface area (Å²) >= 11 is 5.11. The second-order valence-electron chi connectivity index (χ2n) is 5.42. The van der Waals surface area contributed by atoms with Crippen molar-refractivity contribution >= 4 is 33.2 Å². The number of amides is 1. The molecule has 2 heterocycles. The molecule has 1 aromatic carbocycles. The Labute approximate surface area is 143 Å². The van der Waals surface area contributed by atoms with E-state index in [1.165, 1.54) is 4.88 Å². The second kappa shape index (κ2) is 6.84. The van der Waals surface area contributed by atoms with Crippen LogP contribution in [-0.2, 0) is 4.79 Å². The topological polar surface area (TPSA) is 29.5 Å². The van der Waals surface area contributed by atoms with Gasteiger partial charge in [-0.2, -0.15) is 0 Å². The lowest BCUT2D eigenvalue weighted by molar-refractivity contribution is -0.138. The van der Waals surface area contributed by atoms with Crippen molar-refractivity contribution in [3.05, 3.63) is 51.1 Å². The summed E-state index contributed by atoms with van der Waals surface area (Å²) in [5, 5.41) is 2.07. The van der Waals surface area contributed by atoms with E-state index in [2.05, 4.69) is 27.4 Å². The zero-order valence-corrected chi connectivity index (χ0v) is 14.8. The number of thiophene rings is 1. The minimum Gasteiger partial charge on any atom is -0.481 e. The molecule has 1 aromatic heterocycles. The molecule has 3 nitrogen and oxygen atoms in total. The SMILES string of the molecule is CC(Oc1ccc(Br)cc1)C(=O)N1CCCC1c1cccs1. The molecule has 1 aliphatic heterocycles. The molecular weight excluding hydrogens is 362 g/mol. The predicted octanol–water partition coefficient (Wildman–Crippen LogP) is 4.64. The first-order valence-corrected chi connectivity index (χ1v) is 9.08. The summed E-state index contributed by atoms with van der Waals surface area (Å²) in [5.41, 5.74) is 0. The van der Waals surface area contributed by atoms with E-state index in [9.17, 15) is 4.79 Å². The number of rotatable bonds is 4. The van der Waals surface area contributed by atoms with Crippen molar-refractivity contribution in [1.82, 2.24) is 4.90 Å². The third kappa shape index (κ3) is 3.36. The lowest BCUT2D eigenvalue weighted by Gasteiger charge is -2.27. The third-order valence-electron chi connectivity index (χ3n) is 3.88. The first kappa shape index (κ1) is 15.6. The summed E-state index contributed by atoms with van der Waals surface area (Å²) in [4.78, 5) is 16.0. The normalized spacial score (nSPS) is 19.2. The minimum absolute atomic E-state index is 0.0684. The van der Waals surface area contributed by atoms with Gasteiger partial charge < -0.3 is 9.64 Å². The van der Waals surface area contributed by atoms with Crippen molar-refractivity contribution in [3.63, 3.8) is 0 Å². The smallest absolute Gasteiger partial charge is 0.263 e. The highest BCUT2D eigenvalue weighted by molar-refractivity contribution is 9.10. The molecule has 5 heteroatoms. The van der Waals surface area contributed by atoms with Crippen molar-refractivity contribution in [2.75, 3.05) is 6.54 Å². The number of nitrogens with zero attached hydrogens (tertiary/aromatic N) is 1. The van der Waals surface area contributed by atoms with Crippen molar-refractivity contribution in [3.8, 4) is 5.75 Å². The van der Waals surface area contributed by atoms with E-state index in [4.69, 9.17) is 4.74 Å². The maximum absolute atomic E-state index is 12.7. The number of carbonyl (C=O) groups is 1. The molecule has 0 saturated carbocycles. The quantitative estimate of drug-likeness (QED) is 0.773. The van der Waals surface area contributed by atoms with Gasteiger partial charge in [0.25, 0.3) is 5.91 Å². The van der Waals surface area contributed by atoms with Crippen LogP contribution >= 0.6 is 27.3 Å². The Morgan fingerprint density at radius 3 is 2.82 bits per heavy atom. The van der Waals surface area contributed by atoms with E-state index in [0.717, 1.165) is 29.6 Å². The Morgan fingerprint density at radius 2 is 2.14 bits per heavy atom. The summed E-state index contributed by atoms with van der Waals surface area (Å²) in [6, 6.07) is 11.9. The summed E-state index contributed by atoms with van der Waals surface area (Å²) < 4.78 is 6.80. The standard InChI is InChI=1S/C17H18BrNO2S/c1-12(21-14-8-6-13(18)7-9-14)17(20)19-10-2-4-15(19)16-5-3-11-22-16/h3,5-9,11-12,15H,2,4,10H2,1H3. The summed E-state index contributed by atoms with van der Waals surface area (Å²) in [6.45, 7) is 2.64. The highest BCUT2D eigenvalue weighted by atomic mass is 79.9. The predicted molar refractivity (Wildman–Crippen MR) is 92.2 cm³/mol. The lowest BCUT2D eigenvalue weighted by atomic mass is 10.2. The van der Waals surface area contributed by atoms with Gasteiger partial charge in [0.05, 0.1) is 6.04 Å². The lowest BCUT2D eigenvalue weighted by Crippen LogP contribution is -2.39. The number of halogens is 1. The molecule has 3 rings (SSSR count). The molecule has 1 saturated heterocycles. The molecule has 2 aromatic rings. The summed E-state index contributed by atoms with van der Waals surface area (Å²) in [5.74, 6) is 0.787. The maximum Gasteiger partial charge on any atom is 0.263 e. The van der Waals surface area contributed by atoms with Gasteiger partial charge in [-0.25, -0.2) is 0 Å². The van der Waals surface area contributed by atoms with Crippen LogP contribution in [0.4, 0.5) is 0 Å². The molecular formula is C17H18BrNO2S. The molecule has 1 fully saturated rings. The molecule has 1 aliphatic rings. The molecule has 0 bridgehead atoms. The number of ether oxygens (including phenoxy) is 1. The van der Waals surface area contributed by atoms with Crippen LogP contribution in [0.15, 0.2) is 46.3 Å². The minimum atomic E-state index is -0.471. The fourth-order valence-electron chi connectivity index (χ4n) is 2.81. The fourth-order valence-corrected chi connectivity index (χ4v) is 3.95. The van der Waals surface area contributed by atoms with Gasteiger partial charge in [-0.1, -0.05) is 22.0 Å². The van der Waals surface area contributed by atoms with E-state index >= 15 is 0 Å². The van der Waals surface area contributed by atoms with Gasteiger partial charge in [-0.05, 0) is 55.5 Å². The van der Waals surface area contributed by atoms with Crippen LogP contribution in [0.1, 0.15) is 30.7 Å². The van der Waals surface area contributed by atoms with Crippen LogP contribution in [0.2, 0.25) is 0 Å². The van der Waals surface area contributed by atoms with Gasteiger partial charge in [-0.15, -0.1) is 11.3 Å². The van der Waals surface area contributed by atoms with E-state index in [1.807, 2.05) is 42.2 Å². The van der Waals surface area contributed by atoms with Gasteiger partial charge >= 0.3 is 0 Å². The zero-order valence-electron chi connectivity index (χ0n) is 12.4. The fraction of sp³-hybridized carbons (Fsp3) is 0.353. The first-order valence-electron chi connectivity index (χ1n) is 7.41. The van der Waals surface area contributed by atoms with Crippen LogP contribution in [0, 0.1) is 0 Å². The van der Waals surface area contributed by atoms with Crippen molar-refractivity contribution < 1.29 is 9.53 Å². The van der Waals surface area contributed by atoms with Gasteiger partial charge in [0.15, 0.2) is 6.10 Å². The third-order valence-corrected chi connectivity index (χ3v) is 5.38. The average Bonchev–Trinajstić information content (AvgIpc) is 3.19.